The molecule has 1 heterocycles. The molecule has 1 aliphatic carbocycles. The second-order valence-electron chi connectivity index (χ2n) is 6.47. The standard InChI is InChI=1S/C15H27F3N2/c1-12(10-19-14-7-3-2-4-8-14)20-9-5-6-13(11-20)15(16,17)18/h12-14,19H,2-11H2,1H3. The van der Waals surface area contributed by atoms with Crippen LogP contribution in [0.2, 0.25) is 0 Å². The predicted molar refractivity (Wildman–Crippen MR) is 74.7 cm³/mol. The number of rotatable bonds is 4. The van der Waals surface area contributed by atoms with E-state index in [9.17, 15) is 13.2 Å². The molecule has 2 nitrogen and oxygen atoms in total. The average molecular weight is 292 g/mol. The van der Waals surface area contributed by atoms with Crippen LogP contribution in [-0.4, -0.2) is 42.8 Å². The van der Waals surface area contributed by atoms with Gasteiger partial charge in [-0.25, -0.2) is 0 Å². The highest BCUT2D eigenvalue weighted by Gasteiger charge is 2.42. The van der Waals surface area contributed by atoms with Crippen LogP contribution in [0.3, 0.4) is 0 Å². The molecule has 1 saturated heterocycles. The van der Waals surface area contributed by atoms with Gasteiger partial charge in [-0.2, -0.15) is 13.2 Å². The molecule has 0 aromatic rings. The predicted octanol–water partition coefficient (Wildman–Crippen LogP) is 3.57. The van der Waals surface area contributed by atoms with Crippen molar-refractivity contribution in [3.63, 3.8) is 0 Å². The van der Waals surface area contributed by atoms with Crippen molar-refractivity contribution in [2.75, 3.05) is 19.6 Å². The number of nitrogens with zero attached hydrogens (tertiary/aromatic N) is 1. The third-order valence-electron chi connectivity index (χ3n) is 4.85. The molecule has 0 aromatic carbocycles. The Hall–Kier alpha value is -0.290. The molecule has 1 saturated carbocycles. The Labute approximate surface area is 120 Å². The maximum atomic E-state index is 12.8. The summed E-state index contributed by atoms with van der Waals surface area (Å²) >= 11 is 0. The van der Waals surface area contributed by atoms with E-state index >= 15 is 0 Å². The molecule has 0 bridgehead atoms. The number of halogens is 3. The minimum absolute atomic E-state index is 0.178. The van der Waals surface area contributed by atoms with Gasteiger partial charge in [-0.1, -0.05) is 19.3 Å². The largest absolute Gasteiger partial charge is 0.393 e. The molecule has 5 heteroatoms. The zero-order valence-corrected chi connectivity index (χ0v) is 12.4. The van der Waals surface area contributed by atoms with Crippen molar-refractivity contribution in [2.45, 2.75) is 70.1 Å². The summed E-state index contributed by atoms with van der Waals surface area (Å²) in [6.07, 6.45) is 3.26. The van der Waals surface area contributed by atoms with E-state index in [1.807, 2.05) is 4.90 Å². The topological polar surface area (TPSA) is 15.3 Å². The van der Waals surface area contributed by atoms with E-state index in [0.29, 0.717) is 18.9 Å². The Morgan fingerprint density at radius 2 is 1.80 bits per heavy atom. The smallest absolute Gasteiger partial charge is 0.312 e. The van der Waals surface area contributed by atoms with Crippen molar-refractivity contribution in [1.82, 2.24) is 10.2 Å². The summed E-state index contributed by atoms with van der Waals surface area (Å²) in [4.78, 5) is 2.01. The fourth-order valence-corrected chi connectivity index (χ4v) is 3.45. The Balaban J connectivity index is 1.75. The number of hydrogen-bond acceptors (Lipinski definition) is 2. The number of alkyl halides is 3. The maximum Gasteiger partial charge on any atom is 0.393 e. The Morgan fingerprint density at radius 3 is 2.45 bits per heavy atom. The van der Waals surface area contributed by atoms with Crippen molar-refractivity contribution in [2.24, 2.45) is 5.92 Å². The van der Waals surface area contributed by atoms with Crippen molar-refractivity contribution >= 4 is 0 Å². The molecule has 118 valence electrons. The molecule has 2 fully saturated rings. The first-order chi connectivity index (χ1) is 9.47. The van der Waals surface area contributed by atoms with Gasteiger partial charge in [0, 0.05) is 25.2 Å². The van der Waals surface area contributed by atoms with Gasteiger partial charge in [-0.05, 0) is 39.2 Å². The first-order valence-electron chi connectivity index (χ1n) is 8.01. The van der Waals surface area contributed by atoms with E-state index in [1.54, 1.807) is 0 Å². The summed E-state index contributed by atoms with van der Waals surface area (Å²) in [6, 6.07) is 0.775. The molecule has 2 aliphatic rings. The summed E-state index contributed by atoms with van der Waals surface area (Å²) in [6.45, 7) is 3.85. The van der Waals surface area contributed by atoms with Crippen molar-refractivity contribution in [1.29, 1.82) is 0 Å². The van der Waals surface area contributed by atoms with Gasteiger partial charge in [0.05, 0.1) is 5.92 Å². The lowest BCUT2D eigenvalue weighted by Gasteiger charge is -2.38. The van der Waals surface area contributed by atoms with Crippen LogP contribution in [0.15, 0.2) is 0 Å². The summed E-state index contributed by atoms with van der Waals surface area (Å²) < 4.78 is 38.4. The SMILES string of the molecule is CC(CNC1CCCCC1)N1CCCC(C(F)(F)F)C1. The van der Waals surface area contributed by atoms with E-state index in [1.165, 1.54) is 32.1 Å². The van der Waals surface area contributed by atoms with Crippen LogP contribution < -0.4 is 5.32 Å². The zero-order chi connectivity index (χ0) is 14.6. The Kier molecular flexibility index (Phi) is 5.73. The average Bonchev–Trinajstić information content (AvgIpc) is 2.45. The summed E-state index contributed by atoms with van der Waals surface area (Å²) in [5, 5.41) is 3.55. The molecular weight excluding hydrogens is 265 g/mol. The van der Waals surface area contributed by atoms with Crippen molar-refractivity contribution < 1.29 is 13.2 Å². The molecular formula is C15H27F3N2. The zero-order valence-electron chi connectivity index (χ0n) is 12.4. The number of hydrogen-bond donors (Lipinski definition) is 1. The molecule has 20 heavy (non-hydrogen) atoms. The highest BCUT2D eigenvalue weighted by atomic mass is 19.4. The van der Waals surface area contributed by atoms with Gasteiger partial charge >= 0.3 is 6.18 Å². The van der Waals surface area contributed by atoms with Crippen LogP contribution in [0.4, 0.5) is 13.2 Å². The molecule has 1 N–H and O–H groups in total. The molecule has 0 spiro atoms. The van der Waals surface area contributed by atoms with Crippen LogP contribution in [-0.2, 0) is 0 Å². The van der Waals surface area contributed by atoms with Crippen LogP contribution >= 0.6 is 0 Å². The molecule has 0 aromatic heterocycles. The number of piperidine rings is 1. The lowest BCUT2D eigenvalue weighted by molar-refractivity contribution is -0.188. The van der Waals surface area contributed by atoms with E-state index in [4.69, 9.17) is 0 Å². The van der Waals surface area contributed by atoms with E-state index < -0.39 is 12.1 Å². The van der Waals surface area contributed by atoms with Gasteiger partial charge < -0.3 is 5.32 Å². The van der Waals surface area contributed by atoms with Gasteiger partial charge in [0.2, 0.25) is 0 Å². The Bertz CT molecular complexity index is 287. The van der Waals surface area contributed by atoms with E-state index in [-0.39, 0.29) is 12.6 Å². The quantitative estimate of drug-likeness (QED) is 0.852. The monoisotopic (exact) mass is 292 g/mol. The lowest BCUT2D eigenvalue weighted by Crippen LogP contribution is -2.50. The first kappa shape index (κ1) is 16.1. The lowest BCUT2D eigenvalue weighted by atomic mass is 9.94. The fraction of sp³-hybridized carbons (Fsp3) is 1.00. The van der Waals surface area contributed by atoms with Gasteiger partial charge in [-0.3, -0.25) is 4.90 Å². The second kappa shape index (κ2) is 7.12. The van der Waals surface area contributed by atoms with Crippen molar-refractivity contribution in [3.05, 3.63) is 0 Å². The summed E-state index contributed by atoms with van der Waals surface area (Å²) in [7, 11) is 0. The fourth-order valence-electron chi connectivity index (χ4n) is 3.45. The normalized spacial score (nSPS) is 28.5. The second-order valence-corrected chi connectivity index (χ2v) is 6.47. The number of nitrogens with one attached hydrogen (secondary N) is 1. The molecule has 1 aliphatic heterocycles. The third kappa shape index (κ3) is 4.62. The van der Waals surface area contributed by atoms with Gasteiger partial charge in [-0.15, -0.1) is 0 Å². The van der Waals surface area contributed by atoms with Crippen LogP contribution in [0.25, 0.3) is 0 Å². The summed E-state index contributed by atoms with van der Waals surface area (Å²) in [5.41, 5.74) is 0. The van der Waals surface area contributed by atoms with Gasteiger partial charge in [0.25, 0.3) is 0 Å². The number of likely N-dealkylation sites (tertiary alicyclic amines) is 1. The molecule has 2 unspecified atom stereocenters. The van der Waals surface area contributed by atoms with Gasteiger partial charge in [0.15, 0.2) is 0 Å². The van der Waals surface area contributed by atoms with Gasteiger partial charge in [0.1, 0.15) is 0 Å². The molecule has 0 amide bonds. The van der Waals surface area contributed by atoms with Crippen LogP contribution in [0.5, 0.6) is 0 Å². The third-order valence-corrected chi connectivity index (χ3v) is 4.85. The minimum atomic E-state index is -4.03. The van der Waals surface area contributed by atoms with Crippen molar-refractivity contribution in [3.8, 4) is 0 Å². The summed E-state index contributed by atoms with van der Waals surface area (Å²) in [5.74, 6) is -1.13. The molecule has 0 radical (unpaired) electrons. The highest BCUT2D eigenvalue weighted by molar-refractivity contribution is 4.83. The van der Waals surface area contributed by atoms with Crippen LogP contribution in [0, 0.1) is 5.92 Å². The Morgan fingerprint density at radius 1 is 1.10 bits per heavy atom. The minimum Gasteiger partial charge on any atom is -0.312 e. The first-order valence-corrected chi connectivity index (χ1v) is 8.01. The van der Waals surface area contributed by atoms with E-state index in [2.05, 4.69) is 12.2 Å². The maximum absolute atomic E-state index is 12.8. The molecule has 2 atom stereocenters. The molecule has 2 rings (SSSR count). The van der Waals surface area contributed by atoms with E-state index in [0.717, 1.165) is 13.1 Å². The van der Waals surface area contributed by atoms with Crippen LogP contribution in [0.1, 0.15) is 51.9 Å². The highest BCUT2D eigenvalue weighted by Crippen LogP contribution is 2.33.